The first kappa shape index (κ1) is 18.0. The van der Waals surface area contributed by atoms with E-state index in [0.29, 0.717) is 24.9 Å². The van der Waals surface area contributed by atoms with Crippen LogP contribution in [0.1, 0.15) is 50.4 Å². The second-order valence-corrected chi connectivity index (χ2v) is 7.12. The fraction of sp³-hybridized carbons (Fsp3) is 0.588. The molecule has 1 aromatic rings. The highest BCUT2D eigenvalue weighted by molar-refractivity contribution is 6.00. The third kappa shape index (κ3) is 3.44. The van der Waals surface area contributed by atoms with E-state index < -0.39 is 17.1 Å². The molecule has 2 heterocycles. The quantitative estimate of drug-likeness (QED) is 0.850. The molecule has 2 rings (SSSR count). The van der Waals surface area contributed by atoms with Gasteiger partial charge in [-0.1, -0.05) is 20.8 Å². The Morgan fingerprint density at radius 1 is 1.38 bits per heavy atom. The average molecular weight is 336 g/mol. The van der Waals surface area contributed by atoms with Crippen molar-refractivity contribution < 1.29 is 23.5 Å². The van der Waals surface area contributed by atoms with Crippen LogP contribution in [0.4, 0.5) is 4.79 Å². The van der Waals surface area contributed by atoms with E-state index in [0.717, 1.165) is 6.42 Å². The summed E-state index contributed by atoms with van der Waals surface area (Å²) in [5.74, 6) is -0.593. The van der Waals surface area contributed by atoms with Crippen LogP contribution in [0.25, 0.3) is 0 Å². The van der Waals surface area contributed by atoms with E-state index in [-0.39, 0.29) is 18.2 Å². The zero-order valence-electron chi connectivity index (χ0n) is 14.3. The Bertz CT molecular complexity index is 617. The van der Waals surface area contributed by atoms with Crippen molar-refractivity contribution in [3.8, 4) is 0 Å². The summed E-state index contributed by atoms with van der Waals surface area (Å²) in [4.78, 5) is 38.4. The lowest BCUT2D eigenvalue weighted by molar-refractivity contribution is -0.162. The van der Waals surface area contributed by atoms with Gasteiger partial charge in [-0.15, -0.1) is 0 Å². The molecule has 1 aliphatic rings. The zero-order valence-corrected chi connectivity index (χ0v) is 14.3. The predicted molar refractivity (Wildman–Crippen MR) is 86.3 cm³/mol. The van der Waals surface area contributed by atoms with Gasteiger partial charge in [0.05, 0.1) is 18.4 Å². The number of Topliss-reactive ketones (excluding diaryl/α,β-unsaturated/α-hetero) is 1. The molecular weight excluding hydrogens is 312 g/mol. The molecule has 1 aromatic heterocycles. The minimum absolute atomic E-state index is 0.0850. The maximum Gasteiger partial charge on any atom is 0.405 e. The van der Waals surface area contributed by atoms with Crippen LogP contribution in [0, 0.1) is 5.41 Å². The maximum absolute atomic E-state index is 13.2. The molecule has 0 unspecified atom stereocenters. The zero-order chi connectivity index (χ0) is 18.0. The number of furan rings is 1. The lowest BCUT2D eigenvalue weighted by Crippen LogP contribution is -2.59. The van der Waals surface area contributed by atoms with E-state index in [1.54, 1.807) is 6.07 Å². The number of amides is 2. The summed E-state index contributed by atoms with van der Waals surface area (Å²) >= 11 is 0. The standard InChI is InChI=1S/C17H24N2O5/c1-16(2,3)17(24-15(18)22)7-4-5-8-19(14(17)21)10-13(20)12-6-9-23-11-12/h6,9,11H,4-5,7-8,10H2,1-3H3,(H2,18,22)/t17-/m1/s1. The molecule has 2 amide bonds. The second kappa shape index (κ2) is 6.67. The van der Waals surface area contributed by atoms with Crippen molar-refractivity contribution in [1.82, 2.24) is 4.90 Å². The van der Waals surface area contributed by atoms with Crippen molar-refractivity contribution >= 4 is 17.8 Å². The van der Waals surface area contributed by atoms with Crippen molar-refractivity contribution in [2.45, 2.75) is 45.6 Å². The number of carbonyl (C=O) groups is 3. The number of carbonyl (C=O) groups excluding carboxylic acids is 3. The van der Waals surface area contributed by atoms with Crippen molar-refractivity contribution in [3.05, 3.63) is 24.2 Å². The van der Waals surface area contributed by atoms with Gasteiger partial charge >= 0.3 is 6.09 Å². The summed E-state index contributed by atoms with van der Waals surface area (Å²) < 4.78 is 10.3. The number of hydrogen-bond donors (Lipinski definition) is 1. The Hall–Kier alpha value is -2.31. The first-order valence-corrected chi connectivity index (χ1v) is 8.00. The molecule has 0 bridgehead atoms. The third-order valence-corrected chi connectivity index (χ3v) is 4.50. The van der Waals surface area contributed by atoms with Gasteiger partial charge in [0.15, 0.2) is 11.4 Å². The van der Waals surface area contributed by atoms with Crippen LogP contribution in [0.2, 0.25) is 0 Å². The summed E-state index contributed by atoms with van der Waals surface area (Å²) in [6.45, 7) is 5.83. The normalized spacial score (nSPS) is 22.1. The number of nitrogens with zero attached hydrogens (tertiary/aromatic N) is 1. The summed E-state index contributed by atoms with van der Waals surface area (Å²) in [7, 11) is 0. The van der Waals surface area contributed by atoms with Gasteiger partial charge in [-0.05, 0) is 25.3 Å². The molecule has 0 aromatic carbocycles. The van der Waals surface area contributed by atoms with Crippen LogP contribution in [-0.4, -0.2) is 41.4 Å². The van der Waals surface area contributed by atoms with Gasteiger partial charge in [0.1, 0.15) is 6.26 Å². The Morgan fingerprint density at radius 2 is 2.08 bits per heavy atom. The largest absolute Gasteiger partial charge is 0.472 e. The van der Waals surface area contributed by atoms with Gasteiger partial charge in [-0.3, -0.25) is 9.59 Å². The van der Waals surface area contributed by atoms with Crippen molar-refractivity contribution in [3.63, 3.8) is 0 Å². The number of likely N-dealkylation sites (tertiary alicyclic amines) is 1. The molecule has 1 fully saturated rings. The fourth-order valence-electron chi connectivity index (χ4n) is 3.09. The minimum Gasteiger partial charge on any atom is -0.472 e. The van der Waals surface area contributed by atoms with E-state index in [2.05, 4.69) is 0 Å². The summed E-state index contributed by atoms with van der Waals surface area (Å²) in [6, 6.07) is 1.56. The maximum atomic E-state index is 13.2. The minimum atomic E-state index is -1.37. The van der Waals surface area contributed by atoms with Crippen molar-refractivity contribution in [2.24, 2.45) is 11.1 Å². The first-order chi connectivity index (χ1) is 11.2. The van der Waals surface area contributed by atoms with Gasteiger partial charge in [-0.25, -0.2) is 4.79 Å². The number of hydrogen-bond acceptors (Lipinski definition) is 5. The number of rotatable bonds is 4. The van der Waals surface area contributed by atoms with Crippen LogP contribution in [0.3, 0.4) is 0 Å². The summed E-state index contributed by atoms with van der Waals surface area (Å²) in [5.41, 5.74) is 3.62. The average Bonchev–Trinajstić information content (AvgIpc) is 2.96. The van der Waals surface area contributed by atoms with Crippen molar-refractivity contribution in [1.29, 1.82) is 0 Å². The molecule has 2 N–H and O–H groups in total. The number of primary amides is 1. The Kier molecular flexibility index (Phi) is 5.01. The van der Waals surface area contributed by atoms with E-state index in [1.807, 2.05) is 20.8 Å². The smallest absolute Gasteiger partial charge is 0.405 e. The van der Waals surface area contributed by atoms with Gasteiger partial charge in [0, 0.05) is 12.0 Å². The molecule has 0 spiro atoms. The molecule has 1 saturated heterocycles. The highest BCUT2D eigenvalue weighted by Crippen LogP contribution is 2.41. The van der Waals surface area contributed by atoms with Crippen LogP contribution in [-0.2, 0) is 9.53 Å². The third-order valence-electron chi connectivity index (χ3n) is 4.50. The van der Waals surface area contributed by atoms with Gasteiger partial charge < -0.3 is 19.8 Å². The predicted octanol–water partition coefficient (Wildman–Crippen LogP) is 2.36. The lowest BCUT2D eigenvalue weighted by Gasteiger charge is -2.43. The second-order valence-electron chi connectivity index (χ2n) is 7.12. The Labute approximate surface area is 141 Å². The van der Waals surface area contributed by atoms with E-state index in [4.69, 9.17) is 14.9 Å². The van der Waals surface area contributed by atoms with E-state index in [9.17, 15) is 14.4 Å². The SMILES string of the molecule is CC(C)(C)[C@@]1(OC(N)=O)CCCCN(CC(=O)c2ccoc2)C1=O. The topological polar surface area (TPSA) is 103 Å². The first-order valence-electron chi connectivity index (χ1n) is 8.00. The number of ether oxygens (including phenoxy) is 1. The highest BCUT2D eigenvalue weighted by atomic mass is 16.6. The van der Waals surface area contributed by atoms with Gasteiger partial charge in [0.25, 0.3) is 5.91 Å². The Balaban J connectivity index is 2.31. The summed E-state index contributed by atoms with van der Waals surface area (Å²) in [6.07, 6.45) is 3.58. The molecule has 7 nitrogen and oxygen atoms in total. The highest BCUT2D eigenvalue weighted by Gasteiger charge is 2.54. The molecular formula is C17H24N2O5. The van der Waals surface area contributed by atoms with Gasteiger partial charge in [-0.2, -0.15) is 0 Å². The van der Waals surface area contributed by atoms with E-state index >= 15 is 0 Å². The summed E-state index contributed by atoms with van der Waals surface area (Å²) in [5, 5.41) is 0. The molecule has 0 aliphatic carbocycles. The molecule has 0 saturated carbocycles. The van der Waals surface area contributed by atoms with Crippen LogP contribution < -0.4 is 5.73 Å². The van der Waals surface area contributed by atoms with Crippen LogP contribution >= 0.6 is 0 Å². The van der Waals surface area contributed by atoms with Crippen molar-refractivity contribution in [2.75, 3.05) is 13.1 Å². The van der Waals surface area contributed by atoms with Crippen LogP contribution in [0.15, 0.2) is 23.0 Å². The molecule has 24 heavy (non-hydrogen) atoms. The van der Waals surface area contributed by atoms with E-state index in [1.165, 1.54) is 17.4 Å². The molecule has 7 heteroatoms. The van der Waals surface area contributed by atoms with Crippen LogP contribution in [0.5, 0.6) is 0 Å². The Morgan fingerprint density at radius 3 is 2.62 bits per heavy atom. The lowest BCUT2D eigenvalue weighted by atomic mass is 9.73. The molecule has 0 radical (unpaired) electrons. The number of nitrogens with two attached hydrogens (primary N) is 1. The molecule has 1 aliphatic heterocycles. The fourth-order valence-corrected chi connectivity index (χ4v) is 3.09. The molecule has 1 atom stereocenters. The van der Waals surface area contributed by atoms with Gasteiger partial charge in [0.2, 0.25) is 0 Å². The monoisotopic (exact) mass is 336 g/mol. The number of ketones is 1. The molecule has 132 valence electrons.